The molecule has 0 spiro atoms. The summed E-state index contributed by atoms with van der Waals surface area (Å²) in [6.07, 6.45) is 1.38. The van der Waals surface area contributed by atoms with E-state index < -0.39 is 5.41 Å². The minimum atomic E-state index is -0.483. The highest BCUT2D eigenvalue weighted by atomic mass is 16.5. The van der Waals surface area contributed by atoms with Crippen LogP contribution in [0.4, 0.5) is 0 Å². The zero-order valence-electron chi connectivity index (χ0n) is 15.7. The van der Waals surface area contributed by atoms with Crippen molar-refractivity contribution >= 4 is 5.91 Å². The van der Waals surface area contributed by atoms with Crippen LogP contribution < -0.4 is 11.1 Å². The molecule has 0 radical (unpaired) electrons. The van der Waals surface area contributed by atoms with Crippen LogP contribution in [0.25, 0.3) is 0 Å². The average Bonchev–Trinajstić information content (AvgIpc) is 2.74. The summed E-state index contributed by atoms with van der Waals surface area (Å²) in [7, 11) is 0. The SMILES string of the molecule is NCC1(C(=O)NCc2ccc(COCc3ccccc3)cc2)CCOCC1. The Labute approximate surface area is 160 Å². The first-order valence-electron chi connectivity index (χ1n) is 9.47. The number of amides is 1. The Morgan fingerprint density at radius 3 is 2.19 bits per heavy atom. The van der Waals surface area contributed by atoms with Crippen LogP contribution in [0.2, 0.25) is 0 Å². The maximum Gasteiger partial charge on any atom is 0.227 e. The van der Waals surface area contributed by atoms with Crippen LogP contribution in [-0.2, 0) is 34.0 Å². The van der Waals surface area contributed by atoms with Gasteiger partial charge in [-0.15, -0.1) is 0 Å². The molecule has 5 nitrogen and oxygen atoms in total. The van der Waals surface area contributed by atoms with Crippen molar-refractivity contribution in [2.45, 2.75) is 32.6 Å². The predicted octanol–water partition coefficient (Wildman–Crippen LogP) is 2.78. The maximum absolute atomic E-state index is 12.6. The zero-order chi connectivity index (χ0) is 19.0. The maximum atomic E-state index is 12.6. The molecule has 1 amide bonds. The first-order chi connectivity index (χ1) is 13.2. The number of benzene rings is 2. The highest BCUT2D eigenvalue weighted by Gasteiger charge is 2.38. The van der Waals surface area contributed by atoms with Crippen molar-refractivity contribution in [2.75, 3.05) is 19.8 Å². The van der Waals surface area contributed by atoms with Crippen molar-refractivity contribution in [1.82, 2.24) is 5.32 Å². The molecule has 0 aliphatic carbocycles. The normalized spacial score (nSPS) is 16.0. The monoisotopic (exact) mass is 368 g/mol. The summed E-state index contributed by atoms with van der Waals surface area (Å²) in [5.41, 5.74) is 8.75. The van der Waals surface area contributed by atoms with E-state index in [1.54, 1.807) is 0 Å². The number of hydrogen-bond acceptors (Lipinski definition) is 4. The van der Waals surface area contributed by atoms with Gasteiger partial charge < -0.3 is 20.5 Å². The Balaban J connectivity index is 1.45. The van der Waals surface area contributed by atoms with E-state index in [0.717, 1.165) is 11.1 Å². The van der Waals surface area contributed by atoms with Gasteiger partial charge in [-0.05, 0) is 29.5 Å². The van der Waals surface area contributed by atoms with E-state index in [2.05, 4.69) is 17.4 Å². The molecular formula is C22H28N2O3. The molecule has 3 N–H and O–H groups in total. The third-order valence-electron chi connectivity index (χ3n) is 5.18. The average molecular weight is 368 g/mol. The number of hydrogen-bond donors (Lipinski definition) is 2. The van der Waals surface area contributed by atoms with E-state index >= 15 is 0 Å². The van der Waals surface area contributed by atoms with Crippen LogP contribution in [0.1, 0.15) is 29.5 Å². The second-order valence-electron chi connectivity index (χ2n) is 7.07. The summed E-state index contributed by atoms with van der Waals surface area (Å²) in [5.74, 6) is 0.0311. The summed E-state index contributed by atoms with van der Waals surface area (Å²) < 4.78 is 11.1. The molecule has 0 aromatic heterocycles. The molecule has 2 aromatic carbocycles. The van der Waals surface area contributed by atoms with Gasteiger partial charge in [0.25, 0.3) is 0 Å². The summed E-state index contributed by atoms with van der Waals surface area (Å²) in [4.78, 5) is 12.6. The molecule has 5 heteroatoms. The molecule has 27 heavy (non-hydrogen) atoms. The quantitative estimate of drug-likeness (QED) is 0.751. The summed E-state index contributed by atoms with van der Waals surface area (Å²) >= 11 is 0. The minimum absolute atomic E-state index is 0.0311. The van der Waals surface area contributed by atoms with E-state index in [1.807, 2.05) is 42.5 Å². The number of nitrogens with one attached hydrogen (secondary N) is 1. The molecule has 0 bridgehead atoms. The standard InChI is InChI=1S/C22H28N2O3/c23-17-22(10-12-26-13-11-22)21(25)24-14-18-6-8-20(9-7-18)16-27-15-19-4-2-1-3-5-19/h1-9H,10-17,23H2,(H,24,25). The first-order valence-corrected chi connectivity index (χ1v) is 9.47. The molecule has 1 fully saturated rings. The topological polar surface area (TPSA) is 73.6 Å². The van der Waals surface area contributed by atoms with E-state index in [4.69, 9.17) is 15.2 Å². The van der Waals surface area contributed by atoms with Crippen molar-refractivity contribution in [1.29, 1.82) is 0 Å². The van der Waals surface area contributed by atoms with Gasteiger partial charge in [0, 0.05) is 26.3 Å². The number of nitrogens with two attached hydrogens (primary N) is 1. The Bertz CT molecular complexity index is 710. The fourth-order valence-electron chi connectivity index (χ4n) is 3.27. The van der Waals surface area contributed by atoms with Crippen LogP contribution in [0, 0.1) is 5.41 Å². The second-order valence-corrected chi connectivity index (χ2v) is 7.07. The highest BCUT2D eigenvalue weighted by molar-refractivity contribution is 5.83. The van der Waals surface area contributed by atoms with Gasteiger partial charge in [-0.25, -0.2) is 0 Å². The summed E-state index contributed by atoms with van der Waals surface area (Å²) in [5, 5.41) is 3.04. The first kappa shape index (κ1) is 19.5. The third kappa shape index (κ3) is 5.39. The number of ether oxygens (including phenoxy) is 2. The molecule has 0 atom stereocenters. The summed E-state index contributed by atoms with van der Waals surface area (Å²) in [6.45, 7) is 3.23. The minimum Gasteiger partial charge on any atom is -0.381 e. The van der Waals surface area contributed by atoms with Crippen molar-refractivity contribution in [3.8, 4) is 0 Å². The Morgan fingerprint density at radius 2 is 1.56 bits per heavy atom. The number of carbonyl (C=O) groups excluding carboxylic acids is 1. The third-order valence-corrected chi connectivity index (χ3v) is 5.18. The molecule has 3 rings (SSSR count). The highest BCUT2D eigenvalue weighted by Crippen LogP contribution is 2.29. The lowest BCUT2D eigenvalue weighted by molar-refractivity contribution is -0.136. The smallest absolute Gasteiger partial charge is 0.227 e. The Morgan fingerprint density at radius 1 is 0.963 bits per heavy atom. The van der Waals surface area contributed by atoms with Gasteiger partial charge >= 0.3 is 0 Å². The van der Waals surface area contributed by atoms with Crippen molar-refractivity contribution < 1.29 is 14.3 Å². The largest absolute Gasteiger partial charge is 0.381 e. The molecule has 1 saturated heterocycles. The van der Waals surface area contributed by atoms with Crippen LogP contribution in [0.3, 0.4) is 0 Å². The van der Waals surface area contributed by atoms with E-state index in [0.29, 0.717) is 52.4 Å². The van der Waals surface area contributed by atoms with Crippen LogP contribution in [-0.4, -0.2) is 25.7 Å². The van der Waals surface area contributed by atoms with Gasteiger partial charge in [-0.2, -0.15) is 0 Å². The molecule has 1 heterocycles. The molecule has 0 unspecified atom stereocenters. The van der Waals surface area contributed by atoms with Crippen molar-refractivity contribution in [3.63, 3.8) is 0 Å². The Hall–Kier alpha value is -2.21. The fraction of sp³-hybridized carbons (Fsp3) is 0.409. The molecule has 0 saturated carbocycles. The number of rotatable bonds is 8. The van der Waals surface area contributed by atoms with Crippen molar-refractivity contribution in [2.24, 2.45) is 11.1 Å². The number of carbonyl (C=O) groups is 1. The Kier molecular flexibility index (Phi) is 6.98. The van der Waals surface area contributed by atoms with Crippen LogP contribution in [0.15, 0.2) is 54.6 Å². The fourth-order valence-corrected chi connectivity index (χ4v) is 3.27. The lowest BCUT2D eigenvalue weighted by Crippen LogP contribution is -2.48. The van der Waals surface area contributed by atoms with Gasteiger partial charge in [0.1, 0.15) is 0 Å². The molecule has 1 aliphatic heterocycles. The van der Waals surface area contributed by atoms with Gasteiger partial charge in [0.15, 0.2) is 0 Å². The summed E-state index contributed by atoms with van der Waals surface area (Å²) in [6, 6.07) is 18.3. The molecule has 144 valence electrons. The van der Waals surface area contributed by atoms with Gasteiger partial charge in [-0.3, -0.25) is 4.79 Å². The van der Waals surface area contributed by atoms with Crippen LogP contribution in [0.5, 0.6) is 0 Å². The lowest BCUT2D eigenvalue weighted by atomic mass is 9.79. The van der Waals surface area contributed by atoms with E-state index in [9.17, 15) is 4.79 Å². The van der Waals surface area contributed by atoms with Gasteiger partial charge in [0.05, 0.1) is 18.6 Å². The van der Waals surface area contributed by atoms with E-state index in [-0.39, 0.29) is 5.91 Å². The van der Waals surface area contributed by atoms with Gasteiger partial charge in [0.2, 0.25) is 5.91 Å². The van der Waals surface area contributed by atoms with Crippen molar-refractivity contribution in [3.05, 3.63) is 71.3 Å². The van der Waals surface area contributed by atoms with Gasteiger partial charge in [-0.1, -0.05) is 54.6 Å². The second kappa shape index (κ2) is 9.65. The predicted molar refractivity (Wildman–Crippen MR) is 105 cm³/mol. The lowest BCUT2D eigenvalue weighted by Gasteiger charge is -2.34. The molecular weight excluding hydrogens is 340 g/mol. The zero-order valence-corrected chi connectivity index (χ0v) is 15.7. The van der Waals surface area contributed by atoms with E-state index in [1.165, 1.54) is 5.56 Å². The molecule has 1 aliphatic rings. The molecule has 2 aromatic rings. The van der Waals surface area contributed by atoms with Crippen LogP contribution >= 0.6 is 0 Å².